The van der Waals surface area contributed by atoms with Gasteiger partial charge in [0, 0.05) is 18.7 Å². The molecule has 0 radical (unpaired) electrons. The van der Waals surface area contributed by atoms with Gasteiger partial charge in [-0.2, -0.15) is 0 Å². The maximum absolute atomic E-state index is 12.6. The van der Waals surface area contributed by atoms with Crippen molar-refractivity contribution in [3.05, 3.63) is 77.4 Å². The third-order valence-corrected chi connectivity index (χ3v) is 5.59. The summed E-state index contributed by atoms with van der Waals surface area (Å²) >= 11 is 0. The molecule has 3 rings (SSSR count). The van der Waals surface area contributed by atoms with Crippen LogP contribution >= 0.6 is 0 Å². The lowest BCUT2D eigenvalue weighted by molar-refractivity contribution is -0.120. The van der Waals surface area contributed by atoms with Crippen LogP contribution in [0.2, 0.25) is 0 Å². The van der Waals surface area contributed by atoms with Crippen molar-refractivity contribution in [2.24, 2.45) is 0 Å². The van der Waals surface area contributed by atoms with E-state index >= 15 is 0 Å². The number of carbonyl (C=O) groups excluding carboxylic acids is 2. The van der Waals surface area contributed by atoms with Crippen LogP contribution in [0, 0.1) is 0 Å². The lowest BCUT2D eigenvalue weighted by atomic mass is 9.98. The Balaban J connectivity index is 1.61. The number of benzene rings is 3. The van der Waals surface area contributed by atoms with Crippen molar-refractivity contribution in [2.45, 2.75) is 13.1 Å². The van der Waals surface area contributed by atoms with Crippen LogP contribution < -0.4 is 24.8 Å². The molecule has 0 aromatic heterocycles. The van der Waals surface area contributed by atoms with Crippen molar-refractivity contribution in [1.29, 1.82) is 0 Å². The van der Waals surface area contributed by atoms with E-state index in [0.29, 0.717) is 29.4 Å². The van der Waals surface area contributed by atoms with Crippen LogP contribution in [0.4, 0.5) is 0 Å². The fraction of sp³-hybridized carbons (Fsp3) is 0.286. The Labute approximate surface area is 212 Å². The van der Waals surface area contributed by atoms with Crippen molar-refractivity contribution in [3.8, 4) is 28.4 Å². The minimum atomic E-state index is -0.428. The summed E-state index contributed by atoms with van der Waals surface area (Å²) in [5, 5.41) is 5.52. The monoisotopic (exact) mass is 491 g/mol. The van der Waals surface area contributed by atoms with Crippen molar-refractivity contribution >= 4 is 11.8 Å². The van der Waals surface area contributed by atoms with Crippen molar-refractivity contribution in [3.63, 3.8) is 0 Å². The van der Waals surface area contributed by atoms with Crippen LogP contribution in [0.5, 0.6) is 17.2 Å². The molecule has 0 spiro atoms. The number of amides is 2. The molecule has 190 valence electrons. The lowest BCUT2D eigenvalue weighted by Gasteiger charge is -2.14. The normalized spacial score (nSPS) is 10.6. The summed E-state index contributed by atoms with van der Waals surface area (Å²) in [5.74, 6) is 0.380. The molecular weight excluding hydrogens is 458 g/mol. The van der Waals surface area contributed by atoms with E-state index in [2.05, 4.69) is 39.8 Å². The van der Waals surface area contributed by atoms with Crippen LogP contribution in [0.3, 0.4) is 0 Å². The van der Waals surface area contributed by atoms with Gasteiger partial charge in [0.25, 0.3) is 5.91 Å². The summed E-state index contributed by atoms with van der Waals surface area (Å²) in [6.07, 6.45) is 0. The van der Waals surface area contributed by atoms with Gasteiger partial charge in [-0.3, -0.25) is 9.59 Å². The van der Waals surface area contributed by atoms with Crippen LogP contribution in [-0.2, 0) is 17.9 Å². The van der Waals surface area contributed by atoms with Gasteiger partial charge in [-0.25, -0.2) is 0 Å². The summed E-state index contributed by atoms with van der Waals surface area (Å²) < 4.78 is 15.9. The number of methoxy groups -OCH3 is 3. The van der Waals surface area contributed by atoms with E-state index in [4.69, 9.17) is 14.2 Å². The number of hydrogen-bond donors (Lipinski definition) is 2. The fourth-order valence-corrected chi connectivity index (χ4v) is 3.84. The average molecular weight is 492 g/mol. The zero-order chi connectivity index (χ0) is 26.1. The molecule has 0 bridgehead atoms. The highest BCUT2D eigenvalue weighted by atomic mass is 16.5. The number of nitrogens with one attached hydrogen (secondary N) is 2. The number of ether oxygens (including phenoxy) is 3. The Morgan fingerprint density at radius 3 is 2.06 bits per heavy atom. The maximum Gasteiger partial charge on any atom is 0.251 e. The molecule has 2 amide bonds. The zero-order valence-electron chi connectivity index (χ0n) is 21.4. The molecule has 3 aromatic rings. The predicted octanol–water partition coefficient (Wildman–Crippen LogP) is 3.49. The summed E-state index contributed by atoms with van der Waals surface area (Å²) in [6, 6.07) is 19.4. The molecule has 8 heteroatoms. The van der Waals surface area contributed by atoms with E-state index in [-0.39, 0.29) is 12.5 Å². The van der Waals surface area contributed by atoms with E-state index in [0.717, 1.165) is 23.2 Å². The highest BCUT2D eigenvalue weighted by Gasteiger charge is 2.17. The number of hydrogen-bond acceptors (Lipinski definition) is 6. The van der Waals surface area contributed by atoms with Gasteiger partial charge in [0.2, 0.25) is 11.7 Å². The van der Waals surface area contributed by atoms with Crippen LogP contribution in [0.1, 0.15) is 21.5 Å². The third-order valence-electron chi connectivity index (χ3n) is 5.59. The van der Waals surface area contributed by atoms with E-state index in [1.54, 1.807) is 0 Å². The zero-order valence-corrected chi connectivity index (χ0v) is 21.4. The molecule has 8 nitrogen and oxygen atoms in total. The number of nitrogens with zero attached hydrogens (tertiary/aromatic N) is 1. The molecule has 0 saturated carbocycles. The van der Waals surface area contributed by atoms with Crippen LogP contribution in [0.15, 0.2) is 60.7 Å². The minimum absolute atomic E-state index is 0.170. The van der Waals surface area contributed by atoms with Crippen molar-refractivity contribution in [1.82, 2.24) is 15.5 Å². The van der Waals surface area contributed by atoms with E-state index < -0.39 is 5.91 Å². The first-order valence-corrected chi connectivity index (χ1v) is 11.5. The van der Waals surface area contributed by atoms with Gasteiger partial charge in [0.15, 0.2) is 11.5 Å². The van der Waals surface area contributed by atoms with E-state index in [9.17, 15) is 9.59 Å². The van der Waals surface area contributed by atoms with Crippen molar-refractivity contribution < 1.29 is 23.8 Å². The molecule has 0 fully saturated rings. The lowest BCUT2D eigenvalue weighted by Crippen LogP contribution is -2.36. The molecule has 0 heterocycles. The largest absolute Gasteiger partial charge is 0.493 e. The first-order valence-electron chi connectivity index (χ1n) is 11.5. The van der Waals surface area contributed by atoms with Gasteiger partial charge in [-0.15, -0.1) is 0 Å². The highest BCUT2D eigenvalue weighted by molar-refractivity contribution is 5.97. The van der Waals surface area contributed by atoms with Gasteiger partial charge in [0.1, 0.15) is 0 Å². The summed E-state index contributed by atoms with van der Waals surface area (Å²) in [4.78, 5) is 27.3. The second kappa shape index (κ2) is 12.6. The summed E-state index contributed by atoms with van der Waals surface area (Å²) in [6.45, 7) is 1.05. The van der Waals surface area contributed by atoms with Crippen molar-refractivity contribution in [2.75, 3.05) is 42.0 Å². The molecule has 3 aromatic carbocycles. The van der Waals surface area contributed by atoms with Gasteiger partial charge >= 0.3 is 0 Å². The third kappa shape index (κ3) is 6.76. The smallest absolute Gasteiger partial charge is 0.251 e. The van der Waals surface area contributed by atoms with E-state index in [1.807, 2.05) is 38.4 Å². The molecular formula is C28H33N3O5. The predicted molar refractivity (Wildman–Crippen MR) is 140 cm³/mol. The topological polar surface area (TPSA) is 89.1 Å². The number of carbonyl (C=O) groups is 2. The second-order valence-electron chi connectivity index (χ2n) is 8.47. The first-order chi connectivity index (χ1) is 17.4. The van der Waals surface area contributed by atoms with Gasteiger partial charge < -0.3 is 29.7 Å². The maximum atomic E-state index is 12.6. The van der Waals surface area contributed by atoms with E-state index in [1.165, 1.54) is 39.0 Å². The quantitative estimate of drug-likeness (QED) is 0.427. The minimum Gasteiger partial charge on any atom is -0.493 e. The molecule has 0 aliphatic carbocycles. The molecule has 0 saturated heterocycles. The van der Waals surface area contributed by atoms with Crippen LogP contribution in [0.25, 0.3) is 11.1 Å². The van der Waals surface area contributed by atoms with Gasteiger partial charge in [-0.1, -0.05) is 48.5 Å². The highest BCUT2D eigenvalue weighted by Crippen LogP contribution is 2.38. The first kappa shape index (κ1) is 26.6. The molecule has 0 atom stereocenters. The molecule has 0 aliphatic rings. The second-order valence-corrected chi connectivity index (χ2v) is 8.47. The number of rotatable bonds is 11. The van der Waals surface area contributed by atoms with Gasteiger partial charge in [0.05, 0.1) is 27.9 Å². The van der Waals surface area contributed by atoms with Crippen LogP contribution in [-0.4, -0.2) is 58.7 Å². The molecule has 36 heavy (non-hydrogen) atoms. The Morgan fingerprint density at radius 2 is 1.47 bits per heavy atom. The molecule has 0 aliphatic heterocycles. The molecule has 2 N–H and O–H groups in total. The Hall–Kier alpha value is -4.04. The average Bonchev–Trinajstić information content (AvgIpc) is 2.89. The fourth-order valence-electron chi connectivity index (χ4n) is 3.84. The Bertz CT molecular complexity index is 1170. The summed E-state index contributed by atoms with van der Waals surface area (Å²) in [7, 11) is 8.52. The Morgan fingerprint density at radius 1 is 0.833 bits per heavy atom. The standard InChI is InChI=1S/C28H33N3O5/c1-31(2)18-19-10-12-20(13-11-19)23-9-7-6-8-21(23)16-29-26(32)17-30-28(33)22-14-24(34-3)27(36-5)25(15-22)35-4/h6-15H,16-18H2,1-5H3,(H,29,32)(H,30,33). The SMILES string of the molecule is COc1cc(C(=O)NCC(=O)NCc2ccccc2-c2ccc(CN(C)C)cc2)cc(OC)c1OC. The summed E-state index contributed by atoms with van der Waals surface area (Å²) in [5.41, 5.74) is 4.65. The Kier molecular flexibility index (Phi) is 9.30. The molecule has 0 unspecified atom stereocenters. The van der Waals surface area contributed by atoms with Gasteiger partial charge in [-0.05, 0) is 48.5 Å².